The van der Waals surface area contributed by atoms with Crippen LogP contribution in [0, 0.1) is 0 Å². The van der Waals surface area contributed by atoms with Crippen molar-refractivity contribution < 1.29 is 25.6 Å². The van der Waals surface area contributed by atoms with Gasteiger partial charge in [-0.3, -0.25) is 8.74 Å². The summed E-state index contributed by atoms with van der Waals surface area (Å²) in [5.74, 6) is -0.822. The highest BCUT2D eigenvalue weighted by atomic mass is 32.2. The van der Waals surface area contributed by atoms with Crippen molar-refractivity contribution in [1.82, 2.24) is 4.98 Å². The lowest BCUT2D eigenvalue weighted by Crippen LogP contribution is -2.05. The average molecular weight is 458 g/mol. The Morgan fingerprint density at radius 2 is 1.45 bits per heavy atom. The first-order chi connectivity index (χ1) is 14.6. The minimum absolute atomic E-state index is 0.297. The lowest BCUT2D eigenvalue weighted by Gasteiger charge is -2.13. The van der Waals surface area contributed by atoms with Crippen LogP contribution in [0.15, 0.2) is 66.7 Å². The molecule has 4 rings (SSSR count). The molecule has 0 amide bonds. The first-order valence-electron chi connectivity index (χ1n) is 9.29. The quantitative estimate of drug-likeness (QED) is 0.265. The Kier molecular flexibility index (Phi) is 5.52. The zero-order chi connectivity index (χ0) is 22.2. The second-order valence-corrected chi connectivity index (χ2v) is 10.3. The molecule has 1 heterocycles. The molecule has 0 saturated heterocycles. The average Bonchev–Trinajstić information content (AvgIpc) is 2.72. The topological polar surface area (TPSA) is 111 Å². The third kappa shape index (κ3) is 4.75. The number of aromatic nitrogens is 1. The second-order valence-electron chi connectivity index (χ2n) is 7.15. The van der Waals surface area contributed by atoms with Gasteiger partial charge in [0.15, 0.2) is 0 Å². The van der Waals surface area contributed by atoms with Crippen molar-refractivity contribution in [3.63, 3.8) is 0 Å². The SMILES string of the molecule is COS(=O)(=O)Cc1ccc2c(-c3ccccc3)nc3ccc(CS(=O)(=O)O)cc3c2c1. The summed E-state index contributed by atoms with van der Waals surface area (Å²) in [7, 11) is -6.80. The Morgan fingerprint density at radius 3 is 2.13 bits per heavy atom. The van der Waals surface area contributed by atoms with Crippen LogP contribution in [0.5, 0.6) is 0 Å². The number of rotatable bonds is 6. The highest BCUT2D eigenvalue weighted by Crippen LogP contribution is 2.34. The van der Waals surface area contributed by atoms with E-state index in [1.807, 2.05) is 30.3 Å². The number of hydrogen-bond acceptors (Lipinski definition) is 6. The zero-order valence-electron chi connectivity index (χ0n) is 16.5. The van der Waals surface area contributed by atoms with Crippen LogP contribution in [0.25, 0.3) is 32.9 Å². The summed E-state index contributed by atoms with van der Waals surface area (Å²) < 4.78 is 60.4. The van der Waals surface area contributed by atoms with Crippen molar-refractivity contribution in [3.05, 3.63) is 77.9 Å². The molecule has 0 aliphatic carbocycles. The van der Waals surface area contributed by atoms with E-state index in [4.69, 9.17) is 4.98 Å². The molecule has 0 spiro atoms. The molecule has 0 saturated carbocycles. The normalized spacial score (nSPS) is 12.5. The Labute approximate surface area is 180 Å². The minimum Gasteiger partial charge on any atom is -0.285 e. The van der Waals surface area contributed by atoms with E-state index in [9.17, 15) is 21.4 Å². The van der Waals surface area contributed by atoms with Gasteiger partial charge in [-0.2, -0.15) is 16.8 Å². The van der Waals surface area contributed by atoms with Crippen LogP contribution in [0.3, 0.4) is 0 Å². The van der Waals surface area contributed by atoms with Crippen molar-refractivity contribution in [2.24, 2.45) is 0 Å². The molecular formula is C22H19NO6S2. The van der Waals surface area contributed by atoms with Gasteiger partial charge in [-0.15, -0.1) is 0 Å². The van der Waals surface area contributed by atoms with Gasteiger partial charge >= 0.3 is 0 Å². The van der Waals surface area contributed by atoms with Gasteiger partial charge in [-0.1, -0.05) is 48.5 Å². The predicted octanol–water partition coefficient (Wildman–Crippen LogP) is 3.92. The monoisotopic (exact) mass is 457 g/mol. The van der Waals surface area contributed by atoms with Crippen LogP contribution in [0.4, 0.5) is 0 Å². The Hall–Kier alpha value is -2.85. The van der Waals surface area contributed by atoms with E-state index in [1.165, 1.54) is 0 Å². The van der Waals surface area contributed by atoms with Crippen LogP contribution >= 0.6 is 0 Å². The fraction of sp³-hybridized carbons (Fsp3) is 0.136. The van der Waals surface area contributed by atoms with Gasteiger partial charge in [-0.25, -0.2) is 4.98 Å². The third-order valence-corrected chi connectivity index (χ3v) is 6.81. The fourth-order valence-electron chi connectivity index (χ4n) is 3.57. The van der Waals surface area contributed by atoms with Crippen molar-refractivity contribution >= 4 is 41.9 Å². The lowest BCUT2D eigenvalue weighted by molar-refractivity contribution is 0.397. The Balaban J connectivity index is 2.01. The molecule has 1 N–H and O–H groups in total. The zero-order valence-corrected chi connectivity index (χ0v) is 18.2. The first kappa shape index (κ1) is 21.4. The maximum Gasteiger partial charge on any atom is 0.271 e. The number of fused-ring (bicyclic) bond motifs is 3. The van der Waals surface area contributed by atoms with Crippen LogP contribution in [-0.4, -0.2) is 33.5 Å². The third-order valence-electron chi connectivity index (χ3n) is 4.92. The highest BCUT2D eigenvalue weighted by Gasteiger charge is 2.16. The Morgan fingerprint density at radius 1 is 0.806 bits per heavy atom. The molecule has 7 nitrogen and oxygen atoms in total. The molecule has 1 aromatic heterocycles. The van der Waals surface area contributed by atoms with Crippen LogP contribution < -0.4 is 0 Å². The van der Waals surface area contributed by atoms with Gasteiger partial charge in [0.2, 0.25) is 0 Å². The molecule has 31 heavy (non-hydrogen) atoms. The summed E-state index contributed by atoms with van der Waals surface area (Å²) in [6, 6.07) is 19.8. The van der Waals surface area contributed by atoms with Gasteiger partial charge in [0.1, 0.15) is 11.5 Å². The molecule has 9 heteroatoms. The second kappa shape index (κ2) is 8.01. The molecule has 4 aromatic rings. The standard InChI is InChI=1S/C22H19NO6S2/c1-29-31(27,28)14-16-7-9-18-19(11-16)20-12-15(13-30(24,25)26)8-10-21(20)23-22(18)17-5-3-2-4-6-17/h2-12H,13-14H2,1H3,(H,24,25,26). The van der Waals surface area contributed by atoms with Crippen molar-refractivity contribution in [3.8, 4) is 11.3 Å². The molecule has 0 fully saturated rings. The van der Waals surface area contributed by atoms with Gasteiger partial charge in [0.25, 0.3) is 20.2 Å². The van der Waals surface area contributed by atoms with Crippen molar-refractivity contribution in [2.75, 3.05) is 7.11 Å². The largest absolute Gasteiger partial charge is 0.285 e. The van der Waals surface area contributed by atoms with Crippen LogP contribution in [0.2, 0.25) is 0 Å². The van der Waals surface area contributed by atoms with Crippen molar-refractivity contribution in [2.45, 2.75) is 11.5 Å². The molecule has 3 aromatic carbocycles. The van der Waals surface area contributed by atoms with Gasteiger partial charge in [0, 0.05) is 16.3 Å². The van der Waals surface area contributed by atoms with Gasteiger partial charge in [0.05, 0.1) is 18.3 Å². The van der Waals surface area contributed by atoms with Gasteiger partial charge in [-0.05, 0) is 34.7 Å². The Bertz CT molecular complexity index is 1500. The van der Waals surface area contributed by atoms with E-state index in [-0.39, 0.29) is 5.75 Å². The van der Waals surface area contributed by atoms with E-state index in [0.717, 1.165) is 29.1 Å². The van der Waals surface area contributed by atoms with Crippen LogP contribution in [-0.2, 0) is 35.9 Å². The summed E-state index contributed by atoms with van der Waals surface area (Å²) in [4.78, 5) is 4.78. The molecule has 0 bridgehead atoms. The molecule has 0 aliphatic rings. The minimum atomic E-state index is -4.20. The van der Waals surface area contributed by atoms with Gasteiger partial charge < -0.3 is 0 Å². The maximum absolute atomic E-state index is 11.9. The summed E-state index contributed by atoms with van der Waals surface area (Å²) >= 11 is 0. The molecule has 0 radical (unpaired) electrons. The molecular weight excluding hydrogens is 438 g/mol. The summed E-state index contributed by atoms with van der Waals surface area (Å²) in [6.07, 6.45) is 0. The lowest BCUT2D eigenvalue weighted by atomic mass is 9.98. The molecule has 160 valence electrons. The summed E-state index contributed by atoms with van der Waals surface area (Å²) in [5.41, 5.74) is 3.18. The van der Waals surface area contributed by atoms with E-state index < -0.39 is 26.0 Å². The van der Waals surface area contributed by atoms with E-state index in [1.54, 1.807) is 36.4 Å². The molecule has 0 atom stereocenters. The number of nitrogens with zero attached hydrogens (tertiary/aromatic N) is 1. The highest BCUT2D eigenvalue weighted by molar-refractivity contribution is 7.85. The van der Waals surface area contributed by atoms with E-state index >= 15 is 0 Å². The molecule has 0 unspecified atom stereocenters. The number of hydrogen-bond donors (Lipinski definition) is 1. The summed E-state index contributed by atoms with van der Waals surface area (Å²) in [6.45, 7) is 0. The predicted molar refractivity (Wildman–Crippen MR) is 120 cm³/mol. The van der Waals surface area contributed by atoms with E-state index in [0.29, 0.717) is 22.0 Å². The first-order valence-corrected chi connectivity index (χ1v) is 12.5. The van der Waals surface area contributed by atoms with Crippen molar-refractivity contribution in [1.29, 1.82) is 0 Å². The smallest absolute Gasteiger partial charge is 0.271 e. The number of benzene rings is 3. The summed E-state index contributed by atoms with van der Waals surface area (Å²) in [5, 5.41) is 2.18. The fourth-order valence-corrected chi connectivity index (χ4v) is 4.87. The molecule has 0 aliphatic heterocycles. The number of pyridine rings is 1. The van der Waals surface area contributed by atoms with Crippen LogP contribution in [0.1, 0.15) is 11.1 Å². The maximum atomic E-state index is 11.9. The van der Waals surface area contributed by atoms with E-state index in [2.05, 4.69) is 4.18 Å².